The van der Waals surface area contributed by atoms with Crippen molar-refractivity contribution in [1.82, 2.24) is 29.5 Å². The van der Waals surface area contributed by atoms with Gasteiger partial charge in [-0.15, -0.1) is 0 Å². The van der Waals surface area contributed by atoms with Crippen LogP contribution in [0.1, 0.15) is 0 Å². The lowest BCUT2D eigenvalue weighted by atomic mass is 10.2. The Morgan fingerprint density at radius 2 is 1.38 bits per heavy atom. The summed E-state index contributed by atoms with van der Waals surface area (Å²) in [6.45, 7) is -0.0876. The van der Waals surface area contributed by atoms with Crippen LogP contribution in [0.5, 0.6) is 0 Å². The number of methoxy groups -OCH3 is 2. The smallest absolute Gasteiger partial charge is 0.327 e. The van der Waals surface area contributed by atoms with E-state index in [-0.39, 0.29) is 24.9 Å². The molecule has 2 aromatic carbocycles. The van der Waals surface area contributed by atoms with Crippen LogP contribution in [0.2, 0.25) is 0 Å². The van der Waals surface area contributed by atoms with Crippen LogP contribution in [0.3, 0.4) is 0 Å². The number of nitrogens with zero attached hydrogens (tertiary/aromatic N) is 6. The largest absolute Gasteiger partial charge is 0.468 e. The number of aromatic nitrogens is 6. The van der Waals surface area contributed by atoms with Crippen LogP contribution in [0.4, 0.5) is 27.5 Å². The van der Waals surface area contributed by atoms with E-state index in [0.717, 1.165) is 17.0 Å². The summed E-state index contributed by atoms with van der Waals surface area (Å²) in [5, 5.41) is 16.0. The summed E-state index contributed by atoms with van der Waals surface area (Å²) in [4.78, 5) is 31.6. The van der Waals surface area contributed by atoms with E-state index in [2.05, 4.69) is 30.8 Å². The fraction of sp³-hybridized carbons (Fsp3) is 0.167. The van der Waals surface area contributed by atoms with Gasteiger partial charge in [-0.1, -0.05) is 0 Å². The first-order chi connectivity index (χ1) is 17.9. The summed E-state index contributed by atoms with van der Waals surface area (Å²) >= 11 is 0. The zero-order chi connectivity index (χ0) is 25.9. The molecule has 37 heavy (non-hydrogen) atoms. The normalized spacial score (nSPS) is 11.0. The maximum absolute atomic E-state index is 14.6. The van der Waals surface area contributed by atoms with Gasteiger partial charge in [0, 0.05) is 22.1 Å². The van der Waals surface area contributed by atoms with E-state index in [9.17, 15) is 14.0 Å². The van der Waals surface area contributed by atoms with Gasteiger partial charge in [-0.3, -0.25) is 19.0 Å². The number of carbonyl (C=O) groups excluding carboxylic acids is 2. The van der Waals surface area contributed by atoms with E-state index < -0.39 is 17.8 Å². The molecule has 0 fully saturated rings. The van der Waals surface area contributed by atoms with Crippen LogP contribution < -0.4 is 10.6 Å². The number of esters is 2. The molecule has 2 N–H and O–H groups in total. The number of fused-ring (bicyclic) bond motifs is 2. The van der Waals surface area contributed by atoms with Crippen LogP contribution in [-0.2, 0) is 32.2 Å². The van der Waals surface area contributed by atoms with Crippen molar-refractivity contribution in [2.24, 2.45) is 0 Å². The molecule has 0 unspecified atom stereocenters. The number of nitrogens with one attached hydrogen (secondary N) is 2. The Balaban J connectivity index is 1.38. The Morgan fingerprint density at radius 1 is 0.838 bits per heavy atom. The maximum atomic E-state index is 14.6. The number of hydrogen-bond acceptors (Lipinski definition) is 10. The van der Waals surface area contributed by atoms with Crippen molar-refractivity contribution >= 4 is 56.9 Å². The fourth-order valence-electron chi connectivity index (χ4n) is 3.70. The van der Waals surface area contributed by atoms with Gasteiger partial charge in [-0.05, 0) is 36.4 Å². The lowest BCUT2D eigenvalue weighted by Gasteiger charge is -2.11. The first-order valence-corrected chi connectivity index (χ1v) is 11.0. The lowest BCUT2D eigenvalue weighted by molar-refractivity contribution is -0.142. The average Bonchev–Trinajstić information content (AvgIpc) is 3.49. The first-order valence-electron chi connectivity index (χ1n) is 11.0. The number of anilines is 4. The van der Waals surface area contributed by atoms with Gasteiger partial charge in [0.2, 0.25) is 5.95 Å². The van der Waals surface area contributed by atoms with Gasteiger partial charge < -0.3 is 20.1 Å². The molecule has 0 amide bonds. The van der Waals surface area contributed by atoms with Crippen molar-refractivity contribution in [2.45, 2.75) is 13.1 Å². The summed E-state index contributed by atoms with van der Waals surface area (Å²) in [6.07, 6.45) is 4.33. The van der Waals surface area contributed by atoms with Gasteiger partial charge in [0.15, 0.2) is 11.6 Å². The van der Waals surface area contributed by atoms with Crippen LogP contribution in [0, 0.1) is 5.82 Å². The Bertz CT molecular complexity index is 1630. The second kappa shape index (κ2) is 9.89. The van der Waals surface area contributed by atoms with Gasteiger partial charge in [0.25, 0.3) is 0 Å². The highest BCUT2D eigenvalue weighted by molar-refractivity contribution is 5.85. The Morgan fingerprint density at radius 3 is 1.92 bits per heavy atom. The summed E-state index contributed by atoms with van der Waals surface area (Å²) in [5.74, 6) is -1.41. The first kappa shape index (κ1) is 23.7. The molecule has 0 spiro atoms. The molecule has 13 heteroatoms. The molecule has 3 aromatic heterocycles. The topological polar surface area (TPSA) is 138 Å². The molecular formula is C24H21FN8O4. The molecule has 188 valence electrons. The molecule has 3 heterocycles. The quantitative estimate of drug-likeness (QED) is 0.303. The van der Waals surface area contributed by atoms with E-state index in [1.165, 1.54) is 23.6 Å². The molecule has 0 saturated heterocycles. The van der Waals surface area contributed by atoms with Crippen LogP contribution in [0.25, 0.3) is 21.8 Å². The second-order valence-electron chi connectivity index (χ2n) is 7.94. The van der Waals surface area contributed by atoms with Crippen molar-refractivity contribution in [2.75, 3.05) is 24.9 Å². The number of benzene rings is 2. The number of rotatable bonds is 8. The van der Waals surface area contributed by atoms with Crippen LogP contribution in [-0.4, -0.2) is 55.7 Å². The molecule has 5 rings (SSSR count). The Labute approximate surface area is 209 Å². The van der Waals surface area contributed by atoms with E-state index in [0.29, 0.717) is 22.4 Å². The molecule has 5 aromatic rings. The van der Waals surface area contributed by atoms with Crippen molar-refractivity contribution < 1.29 is 23.5 Å². The van der Waals surface area contributed by atoms with Crippen molar-refractivity contribution in [3.8, 4) is 0 Å². The molecule has 0 aliphatic heterocycles. The predicted octanol–water partition coefficient (Wildman–Crippen LogP) is 3.15. The molecule has 0 aliphatic rings. The minimum atomic E-state index is -0.652. The molecular weight excluding hydrogens is 483 g/mol. The van der Waals surface area contributed by atoms with Crippen LogP contribution in [0.15, 0.2) is 55.0 Å². The zero-order valence-corrected chi connectivity index (χ0v) is 19.8. The van der Waals surface area contributed by atoms with Crippen LogP contribution >= 0.6 is 0 Å². The number of hydrogen-bond donors (Lipinski definition) is 2. The molecule has 12 nitrogen and oxygen atoms in total. The monoisotopic (exact) mass is 504 g/mol. The van der Waals surface area contributed by atoms with Crippen molar-refractivity contribution in [1.29, 1.82) is 0 Å². The van der Waals surface area contributed by atoms with Gasteiger partial charge >= 0.3 is 11.9 Å². The molecule has 0 radical (unpaired) electrons. The van der Waals surface area contributed by atoms with Crippen molar-refractivity contribution in [3.63, 3.8) is 0 Å². The predicted molar refractivity (Wildman–Crippen MR) is 132 cm³/mol. The number of carbonyl (C=O) groups is 2. The summed E-state index contributed by atoms with van der Waals surface area (Å²) in [5.41, 5.74) is 2.52. The van der Waals surface area contributed by atoms with Gasteiger partial charge in [-0.2, -0.15) is 15.2 Å². The fourth-order valence-corrected chi connectivity index (χ4v) is 3.70. The van der Waals surface area contributed by atoms with E-state index >= 15 is 0 Å². The van der Waals surface area contributed by atoms with E-state index in [1.54, 1.807) is 42.7 Å². The lowest BCUT2D eigenvalue weighted by Crippen LogP contribution is -2.12. The van der Waals surface area contributed by atoms with Gasteiger partial charge in [0.05, 0.1) is 43.8 Å². The molecule has 0 saturated carbocycles. The summed E-state index contributed by atoms with van der Waals surface area (Å²) in [6, 6.07) is 10.7. The zero-order valence-electron chi connectivity index (χ0n) is 19.8. The summed E-state index contributed by atoms with van der Waals surface area (Å²) < 4.78 is 27.0. The SMILES string of the molecule is COC(=O)Cn1ncc2ccc(Nc3ncc(F)c(Nc4ccc5cnn(CC(=O)OC)c5c4)n3)cc21. The molecule has 0 bridgehead atoms. The highest BCUT2D eigenvalue weighted by atomic mass is 19.1. The number of halogens is 1. The van der Waals surface area contributed by atoms with E-state index in [1.807, 2.05) is 6.07 Å². The standard InChI is InChI=1S/C24H21FN8O4/c1-36-21(34)12-32-19-7-16(5-3-14(19)9-27-32)29-23-18(25)11-26-24(31-23)30-17-6-4-15-10-28-33(20(15)8-17)13-22(35)37-2/h3-11H,12-13H2,1-2H3,(H2,26,29,30,31). The summed E-state index contributed by atoms with van der Waals surface area (Å²) in [7, 11) is 2.62. The molecule has 0 atom stereocenters. The minimum absolute atomic E-state index is 0.0343. The average molecular weight is 504 g/mol. The highest BCUT2D eigenvalue weighted by Gasteiger charge is 2.13. The third kappa shape index (κ3) is 5.00. The van der Waals surface area contributed by atoms with Crippen molar-refractivity contribution in [3.05, 3.63) is 60.8 Å². The third-order valence-corrected chi connectivity index (χ3v) is 5.57. The Kier molecular flexibility index (Phi) is 6.32. The van der Waals surface area contributed by atoms with Gasteiger partial charge in [0.1, 0.15) is 13.1 Å². The highest BCUT2D eigenvalue weighted by Crippen LogP contribution is 2.25. The minimum Gasteiger partial charge on any atom is -0.468 e. The molecule has 0 aliphatic carbocycles. The Hall–Kier alpha value is -5.07. The third-order valence-electron chi connectivity index (χ3n) is 5.57. The van der Waals surface area contributed by atoms with Gasteiger partial charge in [-0.25, -0.2) is 9.37 Å². The van der Waals surface area contributed by atoms with E-state index in [4.69, 9.17) is 9.47 Å². The number of ether oxygens (including phenoxy) is 2. The maximum Gasteiger partial charge on any atom is 0.327 e. The second-order valence-corrected chi connectivity index (χ2v) is 7.94.